The van der Waals surface area contributed by atoms with E-state index >= 15 is 0 Å². The first-order chi connectivity index (χ1) is 8.06. The Balaban J connectivity index is 2.36. The number of carbonyl (C=O) groups is 1. The zero-order valence-corrected chi connectivity index (χ0v) is 11.2. The van der Waals surface area contributed by atoms with Crippen LogP contribution in [0.4, 0.5) is 0 Å². The van der Waals surface area contributed by atoms with Crippen LogP contribution in [0, 0.1) is 17.8 Å². The fourth-order valence-corrected chi connectivity index (χ4v) is 2.52. The Morgan fingerprint density at radius 2 is 2.24 bits per heavy atom. The van der Waals surface area contributed by atoms with Gasteiger partial charge < -0.3 is 15.8 Å². The number of ether oxygens (including phenoxy) is 1. The van der Waals surface area contributed by atoms with E-state index in [9.17, 15) is 4.79 Å². The molecule has 100 valence electrons. The third-order valence-corrected chi connectivity index (χ3v) is 3.78. The molecule has 0 spiro atoms. The lowest BCUT2D eigenvalue weighted by molar-refractivity contribution is -0.128. The third-order valence-electron chi connectivity index (χ3n) is 3.78. The molecule has 0 radical (unpaired) electrons. The first kappa shape index (κ1) is 14.5. The fourth-order valence-electron chi connectivity index (χ4n) is 2.52. The molecule has 0 aromatic rings. The second-order valence-corrected chi connectivity index (χ2v) is 5.37. The van der Waals surface area contributed by atoms with Crippen LogP contribution >= 0.6 is 0 Å². The maximum absolute atomic E-state index is 12.1. The van der Waals surface area contributed by atoms with Crippen molar-refractivity contribution in [1.82, 2.24) is 5.32 Å². The fraction of sp³-hybridized carbons (Fsp3) is 0.923. The highest BCUT2D eigenvalue weighted by atomic mass is 16.5. The van der Waals surface area contributed by atoms with Crippen LogP contribution in [0.25, 0.3) is 0 Å². The number of amides is 1. The van der Waals surface area contributed by atoms with Crippen LogP contribution in [-0.2, 0) is 9.53 Å². The van der Waals surface area contributed by atoms with Crippen LogP contribution < -0.4 is 11.1 Å². The van der Waals surface area contributed by atoms with E-state index in [-0.39, 0.29) is 17.9 Å². The molecule has 1 aliphatic rings. The second-order valence-electron chi connectivity index (χ2n) is 5.37. The Morgan fingerprint density at radius 3 is 2.88 bits per heavy atom. The zero-order chi connectivity index (χ0) is 12.8. The molecular weight excluding hydrogens is 216 g/mol. The van der Waals surface area contributed by atoms with Crippen molar-refractivity contribution in [2.45, 2.75) is 39.2 Å². The normalized spacial score (nSPS) is 30.9. The van der Waals surface area contributed by atoms with Crippen LogP contribution in [0.2, 0.25) is 0 Å². The molecule has 4 heteroatoms. The van der Waals surface area contributed by atoms with Crippen molar-refractivity contribution in [2.75, 3.05) is 20.3 Å². The van der Waals surface area contributed by atoms with Crippen molar-refractivity contribution in [3.8, 4) is 0 Å². The summed E-state index contributed by atoms with van der Waals surface area (Å²) < 4.78 is 5.05. The highest BCUT2D eigenvalue weighted by Crippen LogP contribution is 2.28. The Bertz CT molecular complexity index is 246. The molecule has 0 aromatic carbocycles. The highest BCUT2D eigenvalue weighted by Gasteiger charge is 2.32. The monoisotopic (exact) mass is 242 g/mol. The van der Waals surface area contributed by atoms with Crippen molar-refractivity contribution >= 4 is 5.91 Å². The molecule has 1 fully saturated rings. The molecule has 1 amide bonds. The van der Waals surface area contributed by atoms with Crippen molar-refractivity contribution in [3.05, 3.63) is 0 Å². The maximum Gasteiger partial charge on any atom is 0.223 e. The Hall–Kier alpha value is -0.610. The number of nitrogens with two attached hydrogens (primary N) is 1. The molecule has 1 rings (SSSR count). The third kappa shape index (κ3) is 4.28. The smallest absolute Gasteiger partial charge is 0.223 e. The molecule has 0 aromatic heterocycles. The van der Waals surface area contributed by atoms with Crippen molar-refractivity contribution in [3.63, 3.8) is 0 Å². The van der Waals surface area contributed by atoms with E-state index in [0.717, 1.165) is 19.3 Å². The van der Waals surface area contributed by atoms with Gasteiger partial charge in [-0.25, -0.2) is 0 Å². The average Bonchev–Trinajstić information content (AvgIpc) is 2.30. The lowest BCUT2D eigenvalue weighted by Gasteiger charge is -2.33. The van der Waals surface area contributed by atoms with E-state index in [2.05, 4.69) is 19.2 Å². The molecule has 4 unspecified atom stereocenters. The van der Waals surface area contributed by atoms with Gasteiger partial charge in [-0.3, -0.25) is 4.79 Å². The molecule has 0 saturated heterocycles. The van der Waals surface area contributed by atoms with Crippen LogP contribution in [-0.4, -0.2) is 32.2 Å². The Kier molecular flexibility index (Phi) is 5.92. The zero-order valence-electron chi connectivity index (χ0n) is 11.2. The predicted octanol–water partition coefficient (Wildman–Crippen LogP) is 1.15. The predicted molar refractivity (Wildman–Crippen MR) is 68.5 cm³/mol. The quantitative estimate of drug-likeness (QED) is 0.760. The van der Waals surface area contributed by atoms with Crippen LogP contribution in [0.3, 0.4) is 0 Å². The van der Waals surface area contributed by atoms with Gasteiger partial charge in [0, 0.05) is 25.6 Å². The van der Waals surface area contributed by atoms with Gasteiger partial charge >= 0.3 is 0 Å². The standard InChI is InChI=1S/C13H26N2O2/c1-9(8-17-3)7-15-13(16)11-5-4-6-12(14)10(11)2/h9-12H,4-8,14H2,1-3H3,(H,15,16). The van der Waals surface area contributed by atoms with Gasteiger partial charge in [0.05, 0.1) is 6.61 Å². The van der Waals surface area contributed by atoms with E-state index in [1.54, 1.807) is 7.11 Å². The SMILES string of the molecule is COCC(C)CNC(=O)C1CCCC(N)C1C. The van der Waals surface area contributed by atoms with Gasteiger partial charge in [0.25, 0.3) is 0 Å². The van der Waals surface area contributed by atoms with Gasteiger partial charge in [0.2, 0.25) is 5.91 Å². The lowest BCUT2D eigenvalue weighted by Crippen LogP contribution is -2.45. The summed E-state index contributed by atoms with van der Waals surface area (Å²) in [5.74, 6) is 0.905. The van der Waals surface area contributed by atoms with E-state index in [1.165, 1.54) is 0 Å². The molecule has 0 aliphatic heterocycles. The second kappa shape index (κ2) is 6.97. The largest absolute Gasteiger partial charge is 0.384 e. The summed E-state index contributed by atoms with van der Waals surface area (Å²) in [6, 6.07) is 0.177. The number of carbonyl (C=O) groups excluding carboxylic acids is 1. The van der Waals surface area contributed by atoms with Crippen LogP contribution in [0.15, 0.2) is 0 Å². The summed E-state index contributed by atoms with van der Waals surface area (Å²) in [4.78, 5) is 12.1. The topological polar surface area (TPSA) is 64.3 Å². The molecule has 0 bridgehead atoms. The molecule has 17 heavy (non-hydrogen) atoms. The molecule has 4 nitrogen and oxygen atoms in total. The first-order valence-corrected chi connectivity index (χ1v) is 6.58. The van der Waals surface area contributed by atoms with E-state index in [1.807, 2.05) is 0 Å². The molecule has 3 N–H and O–H groups in total. The number of hydrogen-bond donors (Lipinski definition) is 2. The van der Waals surface area contributed by atoms with Gasteiger partial charge in [-0.1, -0.05) is 20.3 Å². The summed E-state index contributed by atoms with van der Waals surface area (Å²) >= 11 is 0. The highest BCUT2D eigenvalue weighted by molar-refractivity contribution is 5.79. The minimum absolute atomic E-state index is 0.0912. The van der Waals surface area contributed by atoms with E-state index < -0.39 is 0 Å². The minimum Gasteiger partial charge on any atom is -0.384 e. The Morgan fingerprint density at radius 1 is 1.53 bits per heavy atom. The summed E-state index contributed by atoms with van der Waals surface area (Å²) in [5.41, 5.74) is 6.01. The van der Waals surface area contributed by atoms with Crippen molar-refractivity contribution in [2.24, 2.45) is 23.5 Å². The molecule has 4 atom stereocenters. The summed E-state index contributed by atoms with van der Waals surface area (Å²) in [6.45, 7) is 5.53. The first-order valence-electron chi connectivity index (χ1n) is 6.58. The molecular formula is C13H26N2O2. The van der Waals surface area contributed by atoms with Crippen LogP contribution in [0.5, 0.6) is 0 Å². The van der Waals surface area contributed by atoms with Gasteiger partial charge in [0.15, 0.2) is 0 Å². The van der Waals surface area contributed by atoms with E-state index in [4.69, 9.17) is 10.5 Å². The minimum atomic E-state index is 0.0912. The maximum atomic E-state index is 12.1. The Labute approximate surface area is 104 Å². The molecule has 1 saturated carbocycles. The van der Waals surface area contributed by atoms with Gasteiger partial charge in [-0.05, 0) is 24.7 Å². The van der Waals surface area contributed by atoms with Crippen molar-refractivity contribution < 1.29 is 9.53 Å². The molecule has 1 aliphatic carbocycles. The average molecular weight is 242 g/mol. The number of hydrogen-bond acceptors (Lipinski definition) is 3. The van der Waals surface area contributed by atoms with E-state index in [0.29, 0.717) is 25.0 Å². The van der Waals surface area contributed by atoms with Crippen LogP contribution in [0.1, 0.15) is 33.1 Å². The number of methoxy groups -OCH3 is 1. The number of rotatable bonds is 5. The summed E-state index contributed by atoms with van der Waals surface area (Å²) in [6.07, 6.45) is 3.08. The van der Waals surface area contributed by atoms with Gasteiger partial charge in [-0.15, -0.1) is 0 Å². The van der Waals surface area contributed by atoms with Crippen molar-refractivity contribution in [1.29, 1.82) is 0 Å². The molecule has 0 heterocycles. The lowest BCUT2D eigenvalue weighted by atomic mass is 9.77. The van der Waals surface area contributed by atoms with Gasteiger partial charge in [0.1, 0.15) is 0 Å². The van der Waals surface area contributed by atoms with Gasteiger partial charge in [-0.2, -0.15) is 0 Å². The summed E-state index contributed by atoms with van der Waals surface area (Å²) in [5, 5.41) is 3.01. The number of nitrogens with one attached hydrogen (secondary N) is 1. The summed E-state index contributed by atoms with van der Waals surface area (Å²) in [7, 11) is 1.68.